The predicted octanol–water partition coefficient (Wildman–Crippen LogP) is 7.73. The van der Waals surface area contributed by atoms with Crippen LogP contribution in [-0.4, -0.2) is 0 Å². The molecule has 0 saturated heterocycles. The lowest BCUT2D eigenvalue weighted by Crippen LogP contribution is -2.68. The minimum atomic E-state index is -0.153. The maximum absolute atomic E-state index is 4.40. The average Bonchev–Trinajstić information content (AvgIpc) is 2.79. The van der Waals surface area contributed by atoms with Crippen molar-refractivity contribution in [3.8, 4) is 11.3 Å². The second-order valence-corrected chi connectivity index (χ2v) is 9.67. The molecule has 0 amide bonds. The number of hydrogen-bond acceptors (Lipinski definition) is 0. The first-order valence-electron chi connectivity index (χ1n) is 12.1. The zero-order chi connectivity index (χ0) is 22.4. The van der Waals surface area contributed by atoms with Gasteiger partial charge >= 0.3 is 0 Å². The van der Waals surface area contributed by atoms with Gasteiger partial charge in [0.25, 0.3) is 0 Å². The Morgan fingerprint density at radius 3 is 2.35 bits per heavy atom. The third-order valence-corrected chi connectivity index (χ3v) is 8.34. The Labute approximate surface area is 188 Å². The molecule has 162 valence electrons. The Bertz CT molecular complexity index is 1150. The van der Waals surface area contributed by atoms with Crippen molar-refractivity contribution in [1.82, 2.24) is 0 Å². The van der Waals surface area contributed by atoms with Crippen LogP contribution in [0.5, 0.6) is 0 Å². The standard InChI is InChI=1S/C30H38N/c1-8-12-14-23-15-13-16-25-24(23)17-18-31-28(25)26-19-21(5)22(6)20-27(26)29(7,9-2)30(31,10-3)11-4/h10,13,15-20H,3,8-9,11-12,14H2,1-2,4-7H3/q+1. The fourth-order valence-electron chi connectivity index (χ4n) is 6.06. The van der Waals surface area contributed by atoms with Crippen LogP contribution in [0.4, 0.5) is 0 Å². The van der Waals surface area contributed by atoms with Gasteiger partial charge in [0.15, 0.2) is 11.7 Å². The van der Waals surface area contributed by atoms with E-state index in [9.17, 15) is 0 Å². The molecule has 0 N–H and O–H groups in total. The van der Waals surface area contributed by atoms with Gasteiger partial charge in [0.1, 0.15) is 0 Å². The van der Waals surface area contributed by atoms with Crippen molar-refractivity contribution in [1.29, 1.82) is 0 Å². The smallest absolute Gasteiger partial charge is 0.188 e. The van der Waals surface area contributed by atoms with Crippen LogP contribution in [0, 0.1) is 13.8 Å². The predicted molar refractivity (Wildman–Crippen MR) is 134 cm³/mol. The maximum Gasteiger partial charge on any atom is 0.221 e. The van der Waals surface area contributed by atoms with Gasteiger partial charge in [-0.2, -0.15) is 4.57 Å². The molecule has 2 aromatic carbocycles. The van der Waals surface area contributed by atoms with E-state index >= 15 is 0 Å². The van der Waals surface area contributed by atoms with Gasteiger partial charge in [0, 0.05) is 12.5 Å². The molecular weight excluding hydrogens is 374 g/mol. The number of hydrogen-bond donors (Lipinski definition) is 0. The van der Waals surface area contributed by atoms with E-state index in [2.05, 4.69) is 101 Å². The number of unbranched alkanes of at least 4 members (excludes halogenated alkanes) is 1. The van der Waals surface area contributed by atoms with E-state index in [0.717, 1.165) is 19.3 Å². The second-order valence-electron chi connectivity index (χ2n) is 9.67. The summed E-state index contributed by atoms with van der Waals surface area (Å²) >= 11 is 0. The largest absolute Gasteiger partial charge is 0.221 e. The van der Waals surface area contributed by atoms with Gasteiger partial charge in [-0.25, -0.2) is 0 Å². The van der Waals surface area contributed by atoms with E-state index in [-0.39, 0.29) is 11.0 Å². The highest BCUT2D eigenvalue weighted by Crippen LogP contribution is 2.52. The van der Waals surface area contributed by atoms with Crippen LogP contribution in [0.3, 0.4) is 0 Å². The van der Waals surface area contributed by atoms with Gasteiger partial charge in [0.2, 0.25) is 5.69 Å². The summed E-state index contributed by atoms with van der Waals surface area (Å²) in [5.41, 5.74) is 8.29. The van der Waals surface area contributed by atoms with Crippen molar-refractivity contribution < 1.29 is 4.57 Å². The Hall–Kier alpha value is -2.41. The third kappa shape index (κ3) is 2.93. The first-order valence-corrected chi connectivity index (χ1v) is 12.1. The van der Waals surface area contributed by atoms with Crippen LogP contribution < -0.4 is 4.57 Å². The summed E-state index contributed by atoms with van der Waals surface area (Å²) in [6, 6.07) is 14.2. The zero-order valence-electron chi connectivity index (χ0n) is 20.3. The van der Waals surface area contributed by atoms with E-state index in [4.69, 9.17) is 0 Å². The Morgan fingerprint density at radius 1 is 0.968 bits per heavy atom. The molecule has 2 unspecified atom stereocenters. The number of aromatic nitrogens is 1. The maximum atomic E-state index is 4.40. The van der Waals surface area contributed by atoms with Crippen molar-refractivity contribution in [2.75, 3.05) is 0 Å². The minimum absolute atomic E-state index is 0.0115. The van der Waals surface area contributed by atoms with Crippen molar-refractivity contribution in [3.63, 3.8) is 0 Å². The molecule has 2 heterocycles. The zero-order valence-corrected chi connectivity index (χ0v) is 20.3. The molecule has 31 heavy (non-hydrogen) atoms. The quantitative estimate of drug-likeness (QED) is 0.288. The highest BCUT2D eigenvalue weighted by atomic mass is 15.1. The van der Waals surface area contributed by atoms with Crippen molar-refractivity contribution in [3.05, 3.63) is 77.5 Å². The van der Waals surface area contributed by atoms with Crippen molar-refractivity contribution in [2.45, 2.75) is 84.6 Å². The number of rotatable bonds is 6. The van der Waals surface area contributed by atoms with Gasteiger partial charge in [-0.15, -0.1) is 0 Å². The summed E-state index contributed by atoms with van der Waals surface area (Å²) in [4.78, 5) is 0. The SMILES string of the molecule is C=CC1(CC)[n+]2ccc3c(CCCC)cccc3c2-c2cc(C)c(C)cc2C1(C)CC. The molecule has 1 nitrogen and oxygen atoms in total. The second kappa shape index (κ2) is 7.93. The van der Waals surface area contributed by atoms with Crippen molar-refractivity contribution in [2.24, 2.45) is 0 Å². The van der Waals surface area contributed by atoms with Gasteiger partial charge < -0.3 is 0 Å². The molecule has 1 aliphatic rings. The molecule has 1 heteroatoms. The van der Waals surface area contributed by atoms with Gasteiger partial charge in [-0.05, 0) is 85.9 Å². The fourth-order valence-corrected chi connectivity index (χ4v) is 6.06. The number of nitrogens with zero attached hydrogens (tertiary/aromatic N) is 1. The first-order chi connectivity index (χ1) is 14.9. The van der Waals surface area contributed by atoms with E-state index in [1.807, 2.05) is 0 Å². The number of allylic oxidation sites excluding steroid dienone is 1. The van der Waals surface area contributed by atoms with Crippen LogP contribution in [-0.2, 0) is 17.4 Å². The van der Waals surface area contributed by atoms with Crippen LogP contribution >= 0.6 is 0 Å². The summed E-state index contributed by atoms with van der Waals surface area (Å²) in [6.07, 6.45) is 10.3. The summed E-state index contributed by atoms with van der Waals surface area (Å²) in [5, 5.41) is 2.78. The van der Waals surface area contributed by atoms with Gasteiger partial charge in [-0.1, -0.05) is 52.0 Å². The van der Waals surface area contributed by atoms with E-state index in [1.54, 1.807) is 0 Å². The van der Waals surface area contributed by atoms with E-state index in [0.29, 0.717) is 0 Å². The highest BCUT2D eigenvalue weighted by Gasteiger charge is 2.58. The normalized spacial score (nSPS) is 22.3. The summed E-state index contributed by atoms with van der Waals surface area (Å²) < 4.78 is 2.56. The van der Waals surface area contributed by atoms with Crippen molar-refractivity contribution >= 4 is 10.8 Å². The molecule has 4 rings (SSSR count). The third-order valence-electron chi connectivity index (χ3n) is 8.34. The summed E-state index contributed by atoms with van der Waals surface area (Å²) in [6.45, 7) is 18.3. The Kier molecular flexibility index (Phi) is 5.58. The number of pyridine rings is 1. The summed E-state index contributed by atoms with van der Waals surface area (Å²) in [7, 11) is 0. The molecule has 1 aliphatic heterocycles. The van der Waals surface area contributed by atoms with E-state index < -0.39 is 0 Å². The monoisotopic (exact) mass is 412 g/mol. The van der Waals surface area contributed by atoms with E-state index in [1.165, 1.54) is 57.1 Å². The molecule has 0 radical (unpaired) electrons. The topological polar surface area (TPSA) is 3.88 Å². The minimum Gasteiger partial charge on any atom is -0.188 e. The number of benzene rings is 2. The Balaban J connectivity index is 2.17. The lowest BCUT2D eigenvalue weighted by Gasteiger charge is -2.46. The Morgan fingerprint density at radius 2 is 1.71 bits per heavy atom. The molecule has 0 spiro atoms. The molecule has 0 saturated carbocycles. The molecule has 0 aliphatic carbocycles. The van der Waals surface area contributed by atoms with Gasteiger partial charge in [-0.3, -0.25) is 0 Å². The first kappa shape index (κ1) is 21.8. The molecule has 0 bridgehead atoms. The molecular formula is C30H38N+. The van der Waals surface area contributed by atoms with Crippen LogP contribution in [0.2, 0.25) is 0 Å². The average molecular weight is 413 g/mol. The lowest BCUT2D eigenvalue weighted by molar-refractivity contribution is -0.755. The molecule has 2 atom stereocenters. The molecule has 0 fully saturated rings. The highest BCUT2D eigenvalue weighted by molar-refractivity contribution is 5.96. The molecule has 3 aromatic rings. The fraction of sp³-hybridized carbons (Fsp3) is 0.433. The van der Waals surface area contributed by atoms with Crippen LogP contribution in [0.1, 0.15) is 75.6 Å². The lowest BCUT2D eigenvalue weighted by atomic mass is 9.59. The number of fused-ring (bicyclic) bond motifs is 5. The number of aryl methyl sites for hydroxylation is 3. The summed E-state index contributed by atoms with van der Waals surface area (Å²) in [5.74, 6) is 0. The molecule has 1 aromatic heterocycles. The van der Waals surface area contributed by atoms with Crippen LogP contribution in [0.15, 0.2) is 55.3 Å². The van der Waals surface area contributed by atoms with Crippen LogP contribution in [0.25, 0.3) is 22.0 Å². The van der Waals surface area contributed by atoms with Gasteiger partial charge in [0.05, 0.1) is 16.4 Å².